The number of fused-ring (bicyclic) bond motifs is 1. The zero-order valence-corrected chi connectivity index (χ0v) is 12.7. The van der Waals surface area contributed by atoms with Gasteiger partial charge in [-0.25, -0.2) is 13.4 Å². The summed E-state index contributed by atoms with van der Waals surface area (Å²) in [6, 6.07) is 2.85. The van der Waals surface area contributed by atoms with Crippen LogP contribution in [-0.4, -0.2) is 47.8 Å². The van der Waals surface area contributed by atoms with Crippen molar-refractivity contribution in [2.75, 3.05) is 6.26 Å². The first-order valence-electron chi connectivity index (χ1n) is 6.19. The highest BCUT2D eigenvalue weighted by Crippen LogP contribution is 2.16. The maximum absolute atomic E-state index is 12.2. The number of hydrogen-bond acceptors (Lipinski definition) is 6. The van der Waals surface area contributed by atoms with Crippen LogP contribution in [0.1, 0.15) is 10.5 Å². The van der Waals surface area contributed by atoms with Gasteiger partial charge in [-0.05, 0) is 12.1 Å². The largest absolute Gasteiger partial charge is 0.367 e. The van der Waals surface area contributed by atoms with Crippen LogP contribution in [0.15, 0.2) is 29.6 Å². The van der Waals surface area contributed by atoms with Crippen LogP contribution in [0, 0.1) is 0 Å². The molecule has 0 unspecified atom stereocenters. The zero-order chi connectivity index (χ0) is 17.4. The van der Waals surface area contributed by atoms with Crippen LogP contribution in [-0.2, 0) is 19.4 Å². The Balaban J connectivity index is 2.54. The lowest BCUT2D eigenvalue weighted by molar-refractivity contribution is -0.128. The molecule has 2 rings (SSSR count). The minimum atomic E-state index is -3.71. The van der Waals surface area contributed by atoms with E-state index in [0.717, 1.165) is 6.26 Å². The molecule has 0 aliphatic rings. The standard InChI is InChI=1S/C12H13N5O5S/c1-23(21,22)12-16-7(6-4-2-3-5-17(6)12)11(20)15-8(9(13)18)10(14)19/h2-5,8H,1H3,(H2,13,18)(H2,14,19)(H,15,20). The number of nitrogens with zero attached hydrogens (tertiary/aromatic N) is 2. The highest BCUT2D eigenvalue weighted by atomic mass is 32.2. The van der Waals surface area contributed by atoms with Crippen LogP contribution in [0.4, 0.5) is 0 Å². The second kappa shape index (κ2) is 5.68. The molecule has 2 heterocycles. The van der Waals surface area contributed by atoms with Gasteiger partial charge in [0.05, 0.1) is 5.52 Å². The van der Waals surface area contributed by atoms with Crippen LogP contribution < -0.4 is 16.8 Å². The van der Waals surface area contributed by atoms with E-state index in [1.54, 1.807) is 12.1 Å². The highest BCUT2D eigenvalue weighted by molar-refractivity contribution is 7.90. The van der Waals surface area contributed by atoms with Gasteiger partial charge in [0, 0.05) is 12.5 Å². The lowest BCUT2D eigenvalue weighted by atomic mass is 10.2. The molecule has 0 saturated carbocycles. The third-order valence-corrected chi connectivity index (χ3v) is 3.86. The molecule has 0 atom stereocenters. The Kier molecular flexibility index (Phi) is 4.06. The molecule has 23 heavy (non-hydrogen) atoms. The number of nitrogens with one attached hydrogen (secondary N) is 1. The molecule has 0 radical (unpaired) electrons. The molecule has 122 valence electrons. The summed E-state index contributed by atoms with van der Waals surface area (Å²) in [6.07, 6.45) is 2.35. The summed E-state index contributed by atoms with van der Waals surface area (Å²) in [5.74, 6) is -3.23. The number of sulfone groups is 1. The summed E-state index contributed by atoms with van der Waals surface area (Å²) in [4.78, 5) is 38.3. The summed E-state index contributed by atoms with van der Waals surface area (Å²) in [6.45, 7) is 0. The van der Waals surface area contributed by atoms with Gasteiger partial charge >= 0.3 is 0 Å². The fourth-order valence-electron chi connectivity index (χ4n) is 1.92. The minimum absolute atomic E-state index is 0.179. The van der Waals surface area contributed by atoms with Crippen molar-refractivity contribution in [1.82, 2.24) is 14.7 Å². The summed E-state index contributed by atoms with van der Waals surface area (Å²) >= 11 is 0. The number of primary amides is 2. The van der Waals surface area contributed by atoms with E-state index in [4.69, 9.17) is 11.5 Å². The lowest BCUT2D eigenvalue weighted by Gasteiger charge is -2.10. The van der Waals surface area contributed by atoms with Crippen molar-refractivity contribution in [3.05, 3.63) is 30.1 Å². The Morgan fingerprint density at radius 1 is 1.22 bits per heavy atom. The van der Waals surface area contributed by atoms with Crippen molar-refractivity contribution < 1.29 is 22.8 Å². The Hall–Kier alpha value is -2.95. The maximum atomic E-state index is 12.2. The zero-order valence-electron chi connectivity index (χ0n) is 11.9. The Bertz CT molecular complexity index is 903. The monoisotopic (exact) mass is 339 g/mol. The lowest BCUT2D eigenvalue weighted by Crippen LogP contribution is -2.52. The first-order valence-corrected chi connectivity index (χ1v) is 8.08. The van der Waals surface area contributed by atoms with E-state index in [9.17, 15) is 22.8 Å². The van der Waals surface area contributed by atoms with Crippen molar-refractivity contribution in [2.45, 2.75) is 11.2 Å². The minimum Gasteiger partial charge on any atom is -0.367 e. The number of pyridine rings is 1. The van der Waals surface area contributed by atoms with Gasteiger partial charge in [-0.2, -0.15) is 0 Å². The second-order valence-corrected chi connectivity index (χ2v) is 6.59. The van der Waals surface area contributed by atoms with Gasteiger partial charge in [0.15, 0.2) is 11.7 Å². The molecule has 3 amide bonds. The van der Waals surface area contributed by atoms with Gasteiger partial charge in [0.1, 0.15) is 0 Å². The molecule has 5 N–H and O–H groups in total. The van der Waals surface area contributed by atoms with Gasteiger partial charge in [-0.3, -0.25) is 18.8 Å². The molecule has 0 saturated heterocycles. The maximum Gasteiger partial charge on any atom is 0.273 e. The SMILES string of the molecule is CS(=O)(=O)c1nc(C(=O)NC(C(N)=O)C(N)=O)c2ccccn12. The fourth-order valence-corrected chi connectivity index (χ4v) is 2.69. The van der Waals surface area contributed by atoms with E-state index in [1.165, 1.54) is 16.7 Å². The van der Waals surface area contributed by atoms with Gasteiger partial charge in [0.2, 0.25) is 26.8 Å². The highest BCUT2D eigenvalue weighted by Gasteiger charge is 2.28. The molecule has 0 aliphatic heterocycles. The molecular formula is C12H13N5O5S. The average Bonchev–Trinajstić information content (AvgIpc) is 2.83. The predicted octanol–water partition coefficient (Wildman–Crippen LogP) is -2.19. The number of nitrogens with two attached hydrogens (primary N) is 2. The van der Waals surface area contributed by atoms with Gasteiger partial charge in [-0.15, -0.1) is 0 Å². The number of carbonyl (C=O) groups is 3. The topological polar surface area (TPSA) is 167 Å². The van der Waals surface area contributed by atoms with Gasteiger partial charge in [0.25, 0.3) is 5.91 Å². The van der Waals surface area contributed by atoms with Crippen molar-refractivity contribution in [1.29, 1.82) is 0 Å². The molecule has 0 spiro atoms. The number of amides is 3. The molecular weight excluding hydrogens is 326 g/mol. The summed E-state index contributed by atoms with van der Waals surface area (Å²) in [7, 11) is -3.71. The number of rotatable bonds is 5. The van der Waals surface area contributed by atoms with Crippen LogP contribution in [0.25, 0.3) is 5.52 Å². The van der Waals surface area contributed by atoms with Crippen molar-refractivity contribution in [3.8, 4) is 0 Å². The van der Waals surface area contributed by atoms with Crippen LogP contribution in [0.2, 0.25) is 0 Å². The molecule has 11 heteroatoms. The normalized spacial score (nSPS) is 11.6. The summed E-state index contributed by atoms with van der Waals surface area (Å²) in [5.41, 5.74) is 9.85. The van der Waals surface area contributed by atoms with Crippen LogP contribution in [0.5, 0.6) is 0 Å². The number of hydrogen-bond donors (Lipinski definition) is 3. The van der Waals surface area contributed by atoms with E-state index >= 15 is 0 Å². The quantitative estimate of drug-likeness (QED) is 0.523. The van der Waals surface area contributed by atoms with E-state index in [-0.39, 0.29) is 16.4 Å². The van der Waals surface area contributed by atoms with E-state index in [1.807, 2.05) is 5.32 Å². The van der Waals surface area contributed by atoms with Crippen molar-refractivity contribution >= 4 is 33.1 Å². The molecule has 0 fully saturated rings. The Morgan fingerprint density at radius 2 is 1.83 bits per heavy atom. The summed E-state index contributed by atoms with van der Waals surface area (Å²) < 4.78 is 24.7. The van der Waals surface area contributed by atoms with E-state index in [2.05, 4.69) is 4.98 Å². The molecule has 10 nitrogen and oxygen atoms in total. The molecule has 0 aromatic carbocycles. The predicted molar refractivity (Wildman–Crippen MR) is 77.9 cm³/mol. The average molecular weight is 339 g/mol. The number of carbonyl (C=O) groups excluding carboxylic acids is 3. The fraction of sp³-hybridized carbons (Fsp3) is 0.167. The summed E-state index contributed by atoms with van der Waals surface area (Å²) in [5, 5.41) is 1.68. The van der Waals surface area contributed by atoms with Crippen molar-refractivity contribution in [2.24, 2.45) is 11.5 Å². The molecule has 0 bridgehead atoms. The van der Waals surface area contributed by atoms with Crippen LogP contribution in [0.3, 0.4) is 0 Å². The number of imidazole rings is 1. The van der Waals surface area contributed by atoms with E-state index in [0.29, 0.717) is 0 Å². The Morgan fingerprint density at radius 3 is 2.35 bits per heavy atom. The molecule has 2 aromatic rings. The third-order valence-electron chi connectivity index (χ3n) is 2.91. The third kappa shape index (κ3) is 3.13. The van der Waals surface area contributed by atoms with Crippen molar-refractivity contribution in [3.63, 3.8) is 0 Å². The van der Waals surface area contributed by atoms with Gasteiger partial charge in [-0.1, -0.05) is 6.07 Å². The first kappa shape index (κ1) is 16.4. The second-order valence-electron chi connectivity index (χ2n) is 4.68. The first-order chi connectivity index (χ1) is 10.6. The smallest absolute Gasteiger partial charge is 0.273 e. The van der Waals surface area contributed by atoms with E-state index < -0.39 is 33.6 Å². The number of aromatic nitrogens is 2. The molecule has 2 aromatic heterocycles. The Labute approximate surface area is 130 Å². The van der Waals surface area contributed by atoms with Gasteiger partial charge < -0.3 is 16.8 Å². The molecule has 0 aliphatic carbocycles. The van der Waals surface area contributed by atoms with Crippen LogP contribution >= 0.6 is 0 Å².